The van der Waals surface area contributed by atoms with Gasteiger partial charge in [0.15, 0.2) is 0 Å². The molecule has 3 unspecified atom stereocenters. The van der Waals surface area contributed by atoms with Gasteiger partial charge in [0.1, 0.15) is 23.7 Å². The summed E-state index contributed by atoms with van der Waals surface area (Å²) < 4.78 is 39.8. The lowest BCUT2D eigenvalue weighted by Gasteiger charge is -2.30. The number of anilines is 1. The van der Waals surface area contributed by atoms with Crippen LogP contribution in [-0.4, -0.2) is 81.7 Å². The minimum Gasteiger partial charge on any atom is -0.472 e. The Balaban J connectivity index is 1.21. The van der Waals surface area contributed by atoms with Crippen molar-refractivity contribution < 1.29 is 32.0 Å². The maximum Gasteiger partial charge on any atom is 0.316 e. The second kappa shape index (κ2) is 12.7. The number of ether oxygens (including phenoxy) is 1. The lowest BCUT2D eigenvalue weighted by Crippen LogP contribution is -2.58. The molecule has 4 heterocycles. The Bertz CT molecular complexity index is 1910. The SMILES string of the molecule is C=C[C@@H]1C[C@]1(NC(=O)C1CC2CN1C(=O)C(C(C)C)Nc1nnc(o1)CCCCc1ccc3ccnc(c3c1)O2)C(=O)NS(=O)(=O)C1CC1. The fourth-order valence-corrected chi connectivity index (χ4v) is 8.20. The number of aryl methyl sites for hydroxylation is 2. The Hall–Kier alpha value is -4.53. The van der Waals surface area contributed by atoms with E-state index in [1.54, 1.807) is 6.20 Å². The number of hydrogen-bond acceptors (Lipinski definition) is 11. The van der Waals surface area contributed by atoms with Crippen molar-refractivity contribution in [1.29, 1.82) is 0 Å². The van der Waals surface area contributed by atoms with Gasteiger partial charge in [0.2, 0.25) is 33.6 Å². The number of rotatable bonds is 7. The van der Waals surface area contributed by atoms with Crippen molar-refractivity contribution in [3.05, 3.63) is 54.6 Å². The highest BCUT2D eigenvalue weighted by Gasteiger charge is 2.62. The van der Waals surface area contributed by atoms with Crippen molar-refractivity contribution in [3.63, 3.8) is 0 Å². The summed E-state index contributed by atoms with van der Waals surface area (Å²) in [6.07, 6.45) is 6.98. The van der Waals surface area contributed by atoms with Crippen LogP contribution in [0.1, 0.15) is 63.8 Å². The van der Waals surface area contributed by atoms with Crippen molar-refractivity contribution in [3.8, 4) is 5.88 Å². The van der Waals surface area contributed by atoms with Gasteiger partial charge in [-0.3, -0.25) is 19.1 Å². The molecule has 15 heteroatoms. The number of pyridine rings is 1. The van der Waals surface area contributed by atoms with Gasteiger partial charge in [-0.2, -0.15) is 0 Å². The van der Waals surface area contributed by atoms with Crippen LogP contribution in [0.5, 0.6) is 5.88 Å². The van der Waals surface area contributed by atoms with E-state index >= 15 is 0 Å². The zero-order valence-corrected chi connectivity index (χ0v) is 28.4. The van der Waals surface area contributed by atoms with Gasteiger partial charge < -0.3 is 24.7 Å². The third kappa shape index (κ3) is 6.59. The second-order valence-electron chi connectivity index (χ2n) is 13.9. The highest BCUT2D eigenvalue weighted by atomic mass is 32.2. The molecular weight excluding hydrogens is 650 g/mol. The molecule has 2 aliphatic heterocycles. The van der Waals surface area contributed by atoms with Crippen molar-refractivity contribution in [2.24, 2.45) is 11.8 Å². The standard InChI is InChI=1S/C34H41N7O7S/c1-4-22-17-34(22,32(44)40-49(45,46)24-11-12-24)37-29(42)26-16-23-18-41(26)31(43)28(19(2)3)36-33-39-38-27(48-33)8-6-5-7-20-9-10-21-13-14-35-30(47-23)25(21)15-20/h4,9-10,13-15,19,22-24,26,28H,1,5-8,11-12,16-18H2,2-3H3,(H,36,39)(H,37,42)(H,40,44)/t22-,23?,26?,28?,34-/m1/s1. The first-order valence-electron chi connectivity index (χ1n) is 16.9. The summed E-state index contributed by atoms with van der Waals surface area (Å²) in [5.74, 6) is -1.63. The number of aromatic nitrogens is 3. The predicted octanol–water partition coefficient (Wildman–Crippen LogP) is 2.65. The summed E-state index contributed by atoms with van der Waals surface area (Å²) in [6.45, 7) is 7.58. The molecule has 2 aromatic heterocycles. The van der Waals surface area contributed by atoms with E-state index in [9.17, 15) is 22.8 Å². The number of fused-ring (bicyclic) bond motifs is 5. The average molecular weight is 692 g/mol. The van der Waals surface area contributed by atoms with Gasteiger partial charge in [-0.15, -0.1) is 11.7 Å². The van der Waals surface area contributed by atoms with Crippen molar-refractivity contribution in [2.75, 3.05) is 11.9 Å². The molecule has 7 rings (SSSR count). The van der Waals surface area contributed by atoms with Crippen molar-refractivity contribution in [1.82, 2.24) is 30.1 Å². The van der Waals surface area contributed by atoms with Gasteiger partial charge >= 0.3 is 6.01 Å². The van der Waals surface area contributed by atoms with E-state index in [1.165, 1.54) is 11.0 Å². The Kier molecular flexibility index (Phi) is 8.57. The molecule has 3 N–H and O–H groups in total. The molecule has 0 spiro atoms. The maximum atomic E-state index is 14.4. The highest BCUT2D eigenvalue weighted by Crippen LogP contribution is 2.45. The summed E-state index contributed by atoms with van der Waals surface area (Å²) in [6, 6.07) is 6.32. The topological polar surface area (TPSA) is 186 Å². The van der Waals surface area contributed by atoms with Crippen LogP contribution in [0, 0.1) is 11.8 Å². The molecule has 0 radical (unpaired) electrons. The third-order valence-corrected chi connectivity index (χ3v) is 11.8. The minimum atomic E-state index is -3.86. The van der Waals surface area contributed by atoms with Gasteiger partial charge in [0, 0.05) is 30.3 Å². The number of amides is 3. The molecule has 2 saturated carbocycles. The Morgan fingerprint density at radius 3 is 2.69 bits per heavy atom. The number of carbonyl (C=O) groups excluding carboxylic acids is 3. The van der Waals surface area contributed by atoms with E-state index in [0.29, 0.717) is 31.0 Å². The molecule has 3 aromatic rings. The summed E-state index contributed by atoms with van der Waals surface area (Å²) >= 11 is 0. The largest absolute Gasteiger partial charge is 0.472 e. The van der Waals surface area contributed by atoms with E-state index in [1.807, 2.05) is 26.0 Å². The van der Waals surface area contributed by atoms with Gasteiger partial charge in [-0.05, 0) is 67.5 Å². The number of benzene rings is 1. The number of nitrogens with one attached hydrogen (secondary N) is 3. The Morgan fingerprint density at radius 1 is 1.16 bits per heavy atom. The summed E-state index contributed by atoms with van der Waals surface area (Å²) in [5.41, 5.74) is -0.377. The molecule has 1 saturated heterocycles. The Labute approximate surface area is 284 Å². The predicted molar refractivity (Wildman–Crippen MR) is 179 cm³/mol. The first kappa shape index (κ1) is 33.0. The summed E-state index contributed by atoms with van der Waals surface area (Å²) in [7, 11) is -3.86. The van der Waals surface area contributed by atoms with Crippen LogP contribution >= 0.6 is 0 Å². The molecular formula is C34H41N7O7S. The van der Waals surface area contributed by atoms with Crippen molar-refractivity contribution >= 4 is 44.5 Å². The molecule has 260 valence electrons. The third-order valence-electron chi connectivity index (χ3n) is 9.95. The minimum absolute atomic E-state index is 0.0643. The van der Waals surface area contributed by atoms with Crippen LogP contribution in [0.3, 0.4) is 0 Å². The molecule has 1 aromatic carbocycles. The van der Waals surface area contributed by atoms with Gasteiger partial charge in [0.25, 0.3) is 5.91 Å². The molecule has 3 amide bonds. The van der Waals surface area contributed by atoms with Crippen LogP contribution in [0.4, 0.5) is 6.01 Å². The van der Waals surface area contributed by atoms with Crippen LogP contribution < -0.4 is 20.1 Å². The van der Waals surface area contributed by atoms with E-state index in [0.717, 1.165) is 35.6 Å². The highest BCUT2D eigenvalue weighted by molar-refractivity contribution is 7.91. The molecule has 2 aliphatic carbocycles. The molecule has 6 bridgehead atoms. The van der Waals surface area contributed by atoms with Gasteiger partial charge in [-0.25, -0.2) is 13.4 Å². The first-order valence-corrected chi connectivity index (χ1v) is 18.5. The van der Waals surface area contributed by atoms with Crippen LogP contribution in [0.15, 0.2) is 47.5 Å². The van der Waals surface area contributed by atoms with E-state index < -0.39 is 56.7 Å². The summed E-state index contributed by atoms with van der Waals surface area (Å²) in [4.78, 5) is 48.0. The zero-order valence-electron chi connectivity index (χ0n) is 27.6. The number of nitrogens with zero attached hydrogens (tertiary/aromatic N) is 4. The quantitative estimate of drug-likeness (QED) is 0.310. The number of sulfonamides is 1. The molecule has 5 atom stereocenters. The lowest BCUT2D eigenvalue weighted by molar-refractivity contribution is -0.140. The van der Waals surface area contributed by atoms with E-state index in [-0.39, 0.29) is 37.2 Å². The average Bonchev–Trinajstić information content (AvgIpc) is 3.96. The normalized spacial score (nSPS) is 27.2. The molecule has 4 aliphatic rings. The fourth-order valence-electron chi connectivity index (χ4n) is 6.83. The smallest absolute Gasteiger partial charge is 0.316 e. The number of hydrogen-bond donors (Lipinski definition) is 3. The zero-order chi connectivity index (χ0) is 34.5. The van der Waals surface area contributed by atoms with E-state index in [2.05, 4.69) is 49.2 Å². The monoisotopic (exact) mass is 691 g/mol. The molecule has 14 nitrogen and oxygen atoms in total. The van der Waals surface area contributed by atoms with Crippen LogP contribution in [-0.2, 0) is 37.2 Å². The van der Waals surface area contributed by atoms with E-state index in [4.69, 9.17) is 9.15 Å². The molecule has 49 heavy (non-hydrogen) atoms. The first-order chi connectivity index (χ1) is 23.5. The van der Waals surface area contributed by atoms with Crippen LogP contribution in [0.25, 0.3) is 10.8 Å². The fraction of sp³-hybridized carbons (Fsp3) is 0.529. The second-order valence-corrected chi connectivity index (χ2v) is 15.9. The number of carbonyl (C=O) groups is 3. The van der Waals surface area contributed by atoms with Gasteiger partial charge in [0.05, 0.1) is 11.8 Å². The van der Waals surface area contributed by atoms with Gasteiger partial charge in [-0.1, -0.05) is 37.2 Å². The van der Waals surface area contributed by atoms with Crippen LogP contribution in [0.2, 0.25) is 0 Å². The molecule has 3 fully saturated rings. The Morgan fingerprint density at radius 2 is 1.96 bits per heavy atom. The van der Waals surface area contributed by atoms with Crippen molar-refractivity contribution in [2.45, 2.75) is 94.2 Å². The maximum absolute atomic E-state index is 14.4. The summed E-state index contributed by atoms with van der Waals surface area (Å²) in [5, 5.41) is 15.4. The lowest BCUT2D eigenvalue weighted by atomic mass is 10.0.